The van der Waals surface area contributed by atoms with E-state index in [1.165, 1.54) is 0 Å². The predicted octanol–water partition coefficient (Wildman–Crippen LogP) is 2.08. The number of amides is 4. The van der Waals surface area contributed by atoms with E-state index in [-0.39, 0.29) is 11.9 Å². The standard InChI is InChI=1S/C22H25N5O3/c1-13-10-14(2)18(23-11-13)24-17-8-9-27(12-17)19(28)15-4-6-16(7-5-15)22(3)20(29)25-21(30)26-22/h4-7,10-11,17H,8-9,12H2,1-3H3,(H,23,24)(H2,25,26,29,30)/t17-,22+/m0/s1. The zero-order valence-electron chi connectivity index (χ0n) is 17.3. The van der Waals surface area contributed by atoms with Crippen LogP contribution in [0.5, 0.6) is 0 Å². The Hall–Kier alpha value is -3.42. The summed E-state index contributed by atoms with van der Waals surface area (Å²) in [5, 5.41) is 8.31. The van der Waals surface area contributed by atoms with E-state index in [0.717, 1.165) is 23.4 Å². The number of nitrogens with zero attached hydrogens (tertiary/aromatic N) is 2. The van der Waals surface area contributed by atoms with E-state index in [4.69, 9.17) is 0 Å². The molecule has 2 fully saturated rings. The van der Waals surface area contributed by atoms with E-state index in [0.29, 0.717) is 24.2 Å². The highest BCUT2D eigenvalue weighted by Gasteiger charge is 2.43. The maximum Gasteiger partial charge on any atom is 0.322 e. The molecule has 0 saturated carbocycles. The van der Waals surface area contributed by atoms with Gasteiger partial charge in [0.1, 0.15) is 11.4 Å². The summed E-state index contributed by atoms with van der Waals surface area (Å²) in [6.45, 7) is 6.95. The lowest BCUT2D eigenvalue weighted by atomic mass is 9.91. The Morgan fingerprint density at radius 2 is 1.97 bits per heavy atom. The Morgan fingerprint density at radius 3 is 2.60 bits per heavy atom. The van der Waals surface area contributed by atoms with Crippen LogP contribution in [0.4, 0.5) is 10.6 Å². The summed E-state index contributed by atoms with van der Waals surface area (Å²) in [7, 11) is 0. The zero-order chi connectivity index (χ0) is 21.5. The van der Waals surface area contributed by atoms with Gasteiger partial charge in [0.2, 0.25) is 0 Å². The lowest BCUT2D eigenvalue weighted by Crippen LogP contribution is -2.40. The Labute approximate surface area is 175 Å². The van der Waals surface area contributed by atoms with Crippen molar-refractivity contribution in [3.63, 3.8) is 0 Å². The molecule has 2 aliphatic heterocycles. The summed E-state index contributed by atoms with van der Waals surface area (Å²) in [6.07, 6.45) is 2.69. The van der Waals surface area contributed by atoms with Gasteiger partial charge >= 0.3 is 6.03 Å². The summed E-state index contributed by atoms with van der Waals surface area (Å²) in [5.74, 6) is 0.402. The van der Waals surface area contributed by atoms with E-state index in [2.05, 4.69) is 27.0 Å². The zero-order valence-corrected chi connectivity index (χ0v) is 17.3. The lowest BCUT2D eigenvalue weighted by Gasteiger charge is -2.22. The van der Waals surface area contributed by atoms with Gasteiger partial charge in [-0.1, -0.05) is 18.2 Å². The Kier molecular flexibility index (Phi) is 4.93. The fourth-order valence-electron chi connectivity index (χ4n) is 4.00. The molecule has 2 aromatic rings. The number of nitrogens with one attached hydrogen (secondary N) is 3. The van der Waals surface area contributed by atoms with Gasteiger partial charge in [0, 0.05) is 30.9 Å². The molecule has 1 aromatic carbocycles. The number of hydrogen-bond acceptors (Lipinski definition) is 5. The third-order valence-corrected chi connectivity index (χ3v) is 5.79. The van der Waals surface area contributed by atoms with E-state index < -0.39 is 17.5 Å². The highest BCUT2D eigenvalue weighted by molar-refractivity contribution is 6.07. The van der Waals surface area contributed by atoms with Crippen molar-refractivity contribution in [2.24, 2.45) is 0 Å². The summed E-state index contributed by atoms with van der Waals surface area (Å²) in [4.78, 5) is 42.8. The monoisotopic (exact) mass is 407 g/mol. The van der Waals surface area contributed by atoms with Crippen LogP contribution in [0.1, 0.15) is 40.4 Å². The molecule has 2 atom stereocenters. The number of urea groups is 1. The SMILES string of the molecule is Cc1cnc(N[C@H]2CCN(C(=O)c3ccc([C@@]4(C)NC(=O)NC4=O)cc3)C2)c(C)c1. The van der Waals surface area contributed by atoms with E-state index in [9.17, 15) is 14.4 Å². The summed E-state index contributed by atoms with van der Waals surface area (Å²) >= 11 is 0. The molecule has 0 aliphatic carbocycles. The van der Waals surface area contributed by atoms with Crippen molar-refractivity contribution in [2.75, 3.05) is 18.4 Å². The molecule has 4 rings (SSSR count). The van der Waals surface area contributed by atoms with Gasteiger partial charge in [0.05, 0.1) is 0 Å². The van der Waals surface area contributed by atoms with Crippen LogP contribution in [-0.2, 0) is 10.3 Å². The second-order valence-electron chi connectivity index (χ2n) is 8.17. The van der Waals surface area contributed by atoms with E-state index in [1.807, 2.05) is 24.9 Å². The molecule has 1 aromatic heterocycles. The van der Waals surface area contributed by atoms with Crippen molar-refractivity contribution >= 4 is 23.7 Å². The molecule has 2 saturated heterocycles. The van der Waals surface area contributed by atoms with Crippen LogP contribution >= 0.6 is 0 Å². The van der Waals surface area contributed by atoms with Crippen molar-refractivity contribution in [1.82, 2.24) is 20.5 Å². The molecule has 156 valence electrons. The topological polar surface area (TPSA) is 103 Å². The van der Waals surface area contributed by atoms with Gasteiger partial charge in [0.25, 0.3) is 11.8 Å². The average molecular weight is 407 g/mol. The number of aryl methyl sites for hydroxylation is 2. The Bertz CT molecular complexity index is 1020. The second kappa shape index (κ2) is 7.44. The molecule has 0 spiro atoms. The van der Waals surface area contributed by atoms with Crippen LogP contribution in [0.25, 0.3) is 0 Å². The molecule has 0 bridgehead atoms. The highest BCUT2D eigenvalue weighted by atomic mass is 16.2. The number of rotatable bonds is 4. The first kappa shape index (κ1) is 19.9. The average Bonchev–Trinajstić information content (AvgIpc) is 3.28. The molecule has 4 amide bonds. The van der Waals surface area contributed by atoms with Gasteiger partial charge in [-0.15, -0.1) is 0 Å². The molecule has 8 nitrogen and oxygen atoms in total. The van der Waals surface area contributed by atoms with Gasteiger partial charge < -0.3 is 15.5 Å². The fourth-order valence-corrected chi connectivity index (χ4v) is 4.00. The Morgan fingerprint density at radius 1 is 1.23 bits per heavy atom. The lowest BCUT2D eigenvalue weighted by molar-refractivity contribution is -0.123. The van der Waals surface area contributed by atoms with Crippen LogP contribution < -0.4 is 16.0 Å². The number of imide groups is 1. The highest BCUT2D eigenvalue weighted by Crippen LogP contribution is 2.25. The minimum absolute atomic E-state index is 0.0514. The summed E-state index contributed by atoms with van der Waals surface area (Å²) in [5.41, 5.74) is 2.27. The van der Waals surface area contributed by atoms with Crippen LogP contribution in [0.15, 0.2) is 36.5 Å². The van der Waals surface area contributed by atoms with Gasteiger partial charge in [-0.3, -0.25) is 14.9 Å². The molecular weight excluding hydrogens is 382 g/mol. The summed E-state index contributed by atoms with van der Waals surface area (Å²) < 4.78 is 0. The third kappa shape index (κ3) is 3.60. The largest absolute Gasteiger partial charge is 0.365 e. The Balaban J connectivity index is 1.41. The number of pyridine rings is 1. The van der Waals surface area contributed by atoms with Crippen LogP contribution in [0.2, 0.25) is 0 Å². The smallest absolute Gasteiger partial charge is 0.322 e. The first-order valence-electron chi connectivity index (χ1n) is 9.99. The van der Waals surface area contributed by atoms with E-state index in [1.54, 1.807) is 31.2 Å². The quantitative estimate of drug-likeness (QED) is 0.674. The van der Waals surface area contributed by atoms with Crippen molar-refractivity contribution in [3.8, 4) is 0 Å². The minimum atomic E-state index is -1.12. The molecule has 0 radical (unpaired) electrons. The van der Waals surface area contributed by atoms with Crippen molar-refractivity contribution in [3.05, 3.63) is 58.8 Å². The molecule has 30 heavy (non-hydrogen) atoms. The fraction of sp³-hybridized carbons (Fsp3) is 0.364. The number of aromatic nitrogens is 1. The first-order chi connectivity index (χ1) is 14.3. The number of hydrogen-bond donors (Lipinski definition) is 3. The normalized spacial score (nSPS) is 23.3. The van der Waals surface area contributed by atoms with Gasteiger partial charge in [-0.25, -0.2) is 9.78 Å². The van der Waals surface area contributed by atoms with Gasteiger partial charge in [-0.2, -0.15) is 0 Å². The van der Waals surface area contributed by atoms with Gasteiger partial charge in [-0.05, 0) is 56.0 Å². The van der Waals surface area contributed by atoms with Crippen LogP contribution in [-0.4, -0.2) is 46.9 Å². The molecule has 0 unspecified atom stereocenters. The second-order valence-corrected chi connectivity index (χ2v) is 8.17. The molecular formula is C22H25N5O3. The maximum atomic E-state index is 12.9. The summed E-state index contributed by atoms with van der Waals surface area (Å²) in [6, 6.07) is 8.55. The van der Waals surface area contributed by atoms with Crippen molar-refractivity contribution in [1.29, 1.82) is 0 Å². The number of anilines is 1. The van der Waals surface area contributed by atoms with Crippen LogP contribution in [0, 0.1) is 13.8 Å². The number of carbonyl (C=O) groups is 3. The van der Waals surface area contributed by atoms with Gasteiger partial charge in [0.15, 0.2) is 0 Å². The van der Waals surface area contributed by atoms with Crippen LogP contribution in [0.3, 0.4) is 0 Å². The molecule has 3 N–H and O–H groups in total. The third-order valence-electron chi connectivity index (χ3n) is 5.79. The number of benzene rings is 1. The van der Waals surface area contributed by atoms with Crippen molar-refractivity contribution in [2.45, 2.75) is 38.8 Å². The van der Waals surface area contributed by atoms with E-state index >= 15 is 0 Å². The first-order valence-corrected chi connectivity index (χ1v) is 9.99. The van der Waals surface area contributed by atoms with Crippen molar-refractivity contribution < 1.29 is 14.4 Å². The minimum Gasteiger partial charge on any atom is -0.365 e. The maximum absolute atomic E-state index is 12.9. The molecule has 2 aliphatic rings. The number of carbonyl (C=O) groups excluding carboxylic acids is 3. The number of likely N-dealkylation sites (tertiary alicyclic amines) is 1. The predicted molar refractivity (Wildman–Crippen MR) is 112 cm³/mol. The molecule has 8 heteroatoms. The molecule has 3 heterocycles.